The van der Waals surface area contributed by atoms with Gasteiger partial charge in [-0.25, -0.2) is 0 Å². The molecule has 0 N–H and O–H groups in total. The zero-order chi connectivity index (χ0) is 18.8. The number of fused-ring (bicyclic) bond motifs is 1. The Morgan fingerprint density at radius 2 is 1.70 bits per heavy atom. The highest BCUT2D eigenvalue weighted by Gasteiger charge is 2.24. The van der Waals surface area contributed by atoms with Crippen LogP contribution >= 0.6 is 0 Å². The van der Waals surface area contributed by atoms with Crippen molar-refractivity contribution in [2.45, 2.75) is 0 Å². The highest BCUT2D eigenvalue weighted by molar-refractivity contribution is 6.07. The summed E-state index contributed by atoms with van der Waals surface area (Å²) in [6, 6.07) is 16.8. The highest BCUT2D eigenvalue weighted by atomic mass is 16.6. The maximum Gasteiger partial charge on any atom is 0.363 e. The van der Waals surface area contributed by atoms with E-state index in [1.807, 2.05) is 47.4 Å². The van der Waals surface area contributed by atoms with Crippen LogP contribution in [0.1, 0.15) is 10.4 Å². The van der Waals surface area contributed by atoms with Crippen LogP contribution in [-0.4, -0.2) is 46.9 Å². The van der Waals surface area contributed by atoms with Crippen molar-refractivity contribution < 1.29 is 9.72 Å². The molecule has 1 aliphatic heterocycles. The van der Waals surface area contributed by atoms with Gasteiger partial charge in [-0.15, -0.1) is 0 Å². The van der Waals surface area contributed by atoms with Gasteiger partial charge in [-0.2, -0.15) is 0 Å². The molecule has 0 bridgehead atoms. The molecule has 7 heteroatoms. The lowest BCUT2D eigenvalue weighted by atomic mass is 10.0. The van der Waals surface area contributed by atoms with Crippen molar-refractivity contribution in [2.24, 2.45) is 0 Å². The number of benzene rings is 2. The van der Waals surface area contributed by atoms with Crippen molar-refractivity contribution in [1.82, 2.24) is 9.88 Å². The van der Waals surface area contributed by atoms with Crippen molar-refractivity contribution in [3.63, 3.8) is 0 Å². The van der Waals surface area contributed by atoms with Gasteiger partial charge in [0, 0.05) is 37.8 Å². The van der Waals surface area contributed by atoms with E-state index < -0.39 is 4.92 Å². The lowest BCUT2D eigenvalue weighted by molar-refractivity contribution is -0.389. The quantitative estimate of drug-likeness (QED) is 0.528. The smallest absolute Gasteiger partial charge is 0.363 e. The SMILES string of the molecule is O=C(c1cccc2ccccc12)N1CCN(c2ccc([N+](=O)[O-])nc2)CC1. The fraction of sp³-hybridized carbons (Fsp3) is 0.200. The number of aromatic nitrogens is 1. The van der Waals surface area contributed by atoms with Crippen LogP contribution in [0.15, 0.2) is 60.8 Å². The predicted molar refractivity (Wildman–Crippen MR) is 103 cm³/mol. The van der Waals surface area contributed by atoms with Gasteiger partial charge >= 0.3 is 5.82 Å². The summed E-state index contributed by atoms with van der Waals surface area (Å²) in [4.78, 5) is 31.0. The number of carbonyl (C=O) groups excluding carboxylic acids is 1. The minimum atomic E-state index is -0.509. The first-order valence-corrected chi connectivity index (χ1v) is 8.76. The molecule has 1 aromatic heterocycles. The molecule has 1 fully saturated rings. The number of pyridine rings is 1. The molecule has 0 atom stereocenters. The van der Waals surface area contributed by atoms with Crippen molar-refractivity contribution in [3.05, 3.63) is 76.5 Å². The summed E-state index contributed by atoms with van der Waals surface area (Å²) in [5.41, 5.74) is 1.55. The van der Waals surface area contributed by atoms with Gasteiger partial charge in [0.2, 0.25) is 0 Å². The van der Waals surface area contributed by atoms with Gasteiger partial charge in [-0.1, -0.05) is 36.4 Å². The van der Waals surface area contributed by atoms with Gasteiger partial charge in [0.1, 0.15) is 0 Å². The van der Waals surface area contributed by atoms with Crippen LogP contribution in [0.2, 0.25) is 0 Å². The number of hydrogen-bond donors (Lipinski definition) is 0. The van der Waals surface area contributed by atoms with Gasteiger partial charge in [-0.3, -0.25) is 4.79 Å². The molecule has 1 saturated heterocycles. The average molecular weight is 362 g/mol. The monoisotopic (exact) mass is 362 g/mol. The second-order valence-electron chi connectivity index (χ2n) is 6.44. The predicted octanol–water partition coefficient (Wildman–Crippen LogP) is 3.11. The minimum absolute atomic E-state index is 0.0354. The Balaban J connectivity index is 1.47. The van der Waals surface area contributed by atoms with Crippen LogP contribution in [0, 0.1) is 10.1 Å². The number of rotatable bonds is 3. The van der Waals surface area contributed by atoms with Crippen LogP contribution < -0.4 is 4.90 Å². The van der Waals surface area contributed by atoms with Gasteiger partial charge < -0.3 is 19.9 Å². The third-order valence-electron chi connectivity index (χ3n) is 4.87. The fourth-order valence-corrected chi connectivity index (χ4v) is 3.42. The van der Waals surface area contributed by atoms with E-state index in [-0.39, 0.29) is 11.7 Å². The third-order valence-corrected chi connectivity index (χ3v) is 4.87. The number of carbonyl (C=O) groups is 1. The molecule has 0 unspecified atom stereocenters. The summed E-state index contributed by atoms with van der Waals surface area (Å²) in [6.07, 6.45) is 1.51. The number of anilines is 1. The van der Waals surface area contributed by atoms with E-state index in [4.69, 9.17) is 0 Å². The molecule has 3 aromatic rings. The lowest BCUT2D eigenvalue weighted by Crippen LogP contribution is -2.48. The topological polar surface area (TPSA) is 79.6 Å². The first-order valence-electron chi connectivity index (χ1n) is 8.76. The van der Waals surface area contributed by atoms with E-state index >= 15 is 0 Å². The second-order valence-corrected chi connectivity index (χ2v) is 6.44. The number of piperazine rings is 1. The van der Waals surface area contributed by atoms with Gasteiger partial charge in [0.15, 0.2) is 6.20 Å². The Hall–Kier alpha value is -3.48. The molecule has 1 aliphatic rings. The van der Waals surface area contributed by atoms with Crippen LogP contribution in [0.25, 0.3) is 10.8 Å². The van der Waals surface area contributed by atoms with Crippen LogP contribution in [0.5, 0.6) is 0 Å². The number of amides is 1. The lowest BCUT2D eigenvalue weighted by Gasteiger charge is -2.35. The van der Waals surface area contributed by atoms with Crippen LogP contribution in [0.4, 0.5) is 11.5 Å². The molecule has 7 nitrogen and oxygen atoms in total. The fourth-order valence-electron chi connectivity index (χ4n) is 3.42. The van der Waals surface area contributed by atoms with E-state index in [2.05, 4.69) is 9.88 Å². The summed E-state index contributed by atoms with van der Waals surface area (Å²) in [5.74, 6) is -0.128. The van der Waals surface area contributed by atoms with Gasteiger partial charge in [-0.05, 0) is 32.8 Å². The minimum Gasteiger partial charge on any atom is -0.365 e. The summed E-state index contributed by atoms with van der Waals surface area (Å²) >= 11 is 0. The zero-order valence-corrected chi connectivity index (χ0v) is 14.6. The van der Waals surface area contributed by atoms with Crippen molar-refractivity contribution in [2.75, 3.05) is 31.1 Å². The molecule has 0 spiro atoms. The van der Waals surface area contributed by atoms with Gasteiger partial charge in [0.25, 0.3) is 5.91 Å². The molecular formula is C20H18N4O3. The molecule has 1 amide bonds. The molecule has 136 valence electrons. The Labute approximate surface area is 156 Å². The number of nitrogens with zero attached hydrogens (tertiary/aromatic N) is 4. The Morgan fingerprint density at radius 1 is 0.963 bits per heavy atom. The van der Waals surface area contributed by atoms with E-state index in [0.717, 1.165) is 22.0 Å². The molecule has 0 radical (unpaired) electrons. The number of nitro groups is 1. The molecule has 0 aliphatic carbocycles. The Kier molecular flexibility index (Phi) is 4.42. The van der Waals surface area contributed by atoms with Gasteiger partial charge in [0.05, 0.1) is 5.69 Å². The first kappa shape index (κ1) is 17.0. The Morgan fingerprint density at radius 3 is 2.41 bits per heavy atom. The molecule has 27 heavy (non-hydrogen) atoms. The van der Waals surface area contributed by atoms with Crippen LogP contribution in [0.3, 0.4) is 0 Å². The molecule has 2 heterocycles. The van der Waals surface area contributed by atoms with Crippen LogP contribution in [-0.2, 0) is 0 Å². The highest BCUT2D eigenvalue weighted by Crippen LogP contribution is 2.22. The first-order chi connectivity index (χ1) is 13.1. The standard InChI is InChI=1S/C20H18N4O3/c25-20(18-7-3-5-15-4-1-2-6-17(15)18)23-12-10-22(11-13-23)16-8-9-19(21-14-16)24(26)27/h1-9,14H,10-13H2. The summed E-state index contributed by atoms with van der Waals surface area (Å²) < 4.78 is 0. The normalized spacial score (nSPS) is 14.4. The second kappa shape index (κ2) is 7.03. The summed E-state index contributed by atoms with van der Waals surface area (Å²) in [6.45, 7) is 2.52. The molecule has 4 rings (SSSR count). The van der Waals surface area contributed by atoms with Crippen molar-refractivity contribution in [3.8, 4) is 0 Å². The van der Waals surface area contributed by atoms with E-state index in [1.54, 1.807) is 6.07 Å². The van der Waals surface area contributed by atoms with E-state index in [0.29, 0.717) is 26.2 Å². The maximum absolute atomic E-state index is 13.0. The zero-order valence-electron chi connectivity index (χ0n) is 14.6. The maximum atomic E-state index is 13.0. The summed E-state index contributed by atoms with van der Waals surface area (Å²) in [7, 11) is 0. The molecule has 2 aromatic carbocycles. The average Bonchev–Trinajstić information content (AvgIpc) is 2.73. The third kappa shape index (κ3) is 3.31. The largest absolute Gasteiger partial charge is 0.365 e. The molecular weight excluding hydrogens is 344 g/mol. The van der Waals surface area contributed by atoms with Crippen molar-refractivity contribution in [1.29, 1.82) is 0 Å². The van der Waals surface area contributed by atoms with Crippen molar-refractivity contribution >= 4 is 28.2 Å². The van der Waals surface area contributed by atoms with E-state index in [9.17, 15) is 14.9 Å². The molecule has 0 saturated carbocycles. The Bertz CT molecular complexity index is 990. The van der Waals surface area contributed by atoms with E-state index in [1.165, 1.54) is 12.3 Å². The number of hydrogen-bond acceptors (Lipinski definition) is 5. The summed E-state index contributed by atoms with van der Waals surface area (Å²) in [5, 5.41) is 12.7.